The molecule has 0 aliphatic carbocycles. The molecule has 6 heteroatoms. The molecule has 0 spiro atoms. The third-order valence-electron chi connectivity index (χ3n) is 4.32. The van der Waals surface area contributed by atoms with Crippen LogP contribution in [0.5, 0.6) is 0 Å². The van der Waals surface area contributed by atoms with E-state index in [0.29, 0.717) is 18.3 Å². The fraction of sp³-hybridized carbons (Fsp3) is 0.500. The lowest BCUT2D eigenvalue weighted by molar-refractivity contribution is 0.0703. The van der Waals surface area contributed by atoms with Gasteiger partial charge in [0, 0.05) is 38.0 Å². The van der Waals surface area contributed by atoms with Crippen molar-refractivity contribution < 1.29 is 9.32 Å². The monoisotopic (exact) mass is 328 g/mol. The van der Waals surface area contributed by atoms with E-state index in [1.54, 1.807) is 6.92 Å². The molecule has 6 nitrogen and oxygen atoms in total. The van der Waals surface area contributed by atoms with Crippen LogP contribution in [0, 0.1) is 6.92 Å². The predicted octanol–water partition coefficient (Wildman–Crippen LogP) is 2.46. The number of aryl methyl sites for hydroxylation is 1. The van der Waals surface area contributed by atoms with Crippen LogP contribution in [0.1, 0.15) is 46.4 Å². The van der Waals surface area contributed by atoms with E-state index in [1.807, 2.05) is 43.3 Å². The number of rotatable bonds is 4. The summed E-state index contributed by atoms with van der Waals surface area (Å²) in [6.45, 7) is 4.10. The first-order chi connectivity index (χ1) is 11.5. The Morgan fingerprint density at radius 2 is 2.08 bits per heavy atom. The smallest absolute Gasteiger partial charge is 0.253 e. The number of piperidine rings is 1. The van der Waals surface area contributed by atoms with Gasteiger partial charge in [0.15, 0.2) is 5.82 Å². The van der Waals surface area contributed by atoms with Gasteiger partial charge in [0.25, 0.3) is 5.91 Å². The zero-order valence-corrected chi connectivity index (χ0v) is 14.5. The maximum atomic E-state index is 12.8. The average Bonchev–Trinajstić information content (AvgIpc) is 3.01. The van der Waals surface area contributed by atoms with Gasteiger partial charge >= 0.3 is 0 Å². The minimum atomic E-state index is 0.0799. The van der Waals surface area contributed by atoms with Crippen molar-refractivity contribution in [1.29, 1.82) is 0 Å². The molecule has 0 saturated carbocycles. The second-order valence-electron chi connectivity index (χ2n) is 6.70. The van der Waals surface area contributed by atoms with Crippen LogP contribution in [0.4, 0.5) is 0 Å². The molecule has 128 valence electrons. The molecule has 1 aliphatic rings. The molecule has 1 atom stereocenters. The Balaban J connectivity index is 1.67. The number of carbonyl (C=O) groups excluding carboxylic acids is 1. The third kappa shape index (κ3) is 3.82. The van der Waals surface area contributed by atoms with E-state index in [4.69, 9.17) is 4.52 Å². The van der Waals surface area contributed by atoms with Crippen molar-refractivity contribution in [2.75, 3.05) is 27.2 Å². The van der Waals surface area contributed by atoms with E-state index in [2.05, 4.69) is 15.0 Å². The fourth-order valence-electron chi connectivity index (χ4n) is 3.15. The molecule has 2 aromatic rings. The number of nitrogens with zero attached hydrogens (tertiary/aromatic N) is 4. The molecule has 24 heavy (non-hydrogen) atoms. The Morgan fingerprint density at radius 3 is 2.71 bits per heavy atom. The van der Waals surface area contributed by atoms with Crippen molar-refractivity contribution in [2.45, 2.75) is 32.2 Å². The van der Waals surface area contributed by atoms with Gasteiger partial charge in [-0.3, -0.25) is 4.79 Å². The molecule has 3 rings (SSSR count). The van der Waals surface area contributed by atoms with Crippen molar-refractivity contribution in [2.24, 2.45) is 0 Å². The Labute approximate surface area is 142 Å². The summed E-state index contributed by atoms with van der Waals surface area (Å²) in [4.78, 5) is 21.1. The summed E-state index contributed by atoms with van der Waals surface area (Å²) in [5, 5.41) is 4.02. The molecule has 1 fully saturated rings. The van der Waals surface area contributed by atoms with E-state index < -0.39 is 0 Å². The zero-order chi connectivity index (χ0) is 17.1. The Hall–Kier alpha value is -2.21. The Bertz CT molecular complexity index is 693. The molecule has 1 amide bonds. The first-order valence-corrected chi connectivity index (χ1v) is 8.36. The van der Waals surface area contributed by atoms with Gasteiger partial charge in [-0.25, -0.2) is 0 Å². The molecule has 1 saturated heterocycles. The van der Waals surface area contributed by atoms with Crippen molar-refractivity contribution in [3.63, 3.8) is 0 Å². The summed E-state index contributed by atoms with van der Waals surface area (Å²) in [5.41, 5.74) is 1.94. The molecule has 1 aliphatic heterocycles. The van der Waals surface area contributed by atoms with E-state index in [9.17, 15) is 4.79 Å². The number of carbonyl (C=O) groups is 1. The second kappa shape index (κ2) is 7.13. The second-order valence-corrected chi connectivity index (χ2v) is 6.70. The van der Waals surface area contributed by atoms with Crippen LogP contribution >= 0.6 is 0 Å². The van der Waals surface area contributed by atoms with Gasteiger partial charge in [0.2, 0.25) is 5.89 Å². The van der Waals surface area contributed by atoms with Crippen LogP contribution in [0.3, 0.4) is 0 Å². The van der Waals surface area contributed by atoms with Crippen LogP contribution in [-0.4, -0.2) is 53.0 Å². The fourth-order valence-corrected chi connectivity index (χ4v) is 3.15. The van der Waals surface area contributed by atoms with Gasteiger partial charge in [-0.05, 0) is 44.6 Å². The topological polar surface area (TPSA) is 62.5 Å². The third-order valence-corrected chi connectivity index (χ3v) is 4.32. The molecule has 2 heterocycles. The molecule has 1 aromatic carbocycles. The lowest BCUT2D eigenvalue weighted by atomic mass is 9.96. The van der Waals surface area contributed by atoms with Crippen molar-refractivity contribution in [3.8, 4) is 0 Å². The van der Waals surface area contributed by atoms with Gasteiger partial charge in [-0.15, -0.1) is 0 Å². The van der Waals surface area contributed by atoms with Crippen LogP contribution in [-0.2, 0) is 6.54 Å². The molecule has 0 N–H and O–H groups in total. The highest BCUT2D eigenvalue weighted by Gasteiger charge is 2.28. The van der Waals surface area contributed by atoms with Crippen molar-refractivity contribution >= 4 is 5.91 Å². The summed E-state index contributed by atoms with van der Waals surface area (Å²) in [7, 11) is 4.07. The van der Waals surface area contributed by atoms with Crippen LogP contribution in [0.2, 0.25) is 0 Å². The van der Waals surface area contributed by atoms with E-state index in [0.717, 1.165) is 31.5 Å². The van der Waals surface area contributed by atoms with Gasteiger partial charge in [-0.2, -0.15) is 4.98 Å². The number of benzene rings is 1. The number of likely N-dealkylation sites (tertiary alicyclic amines) is 1. The minimum absolute atomic E-state index is 0.0799. The van der Waals surface area contributed by atoms with E-state index in [1.165, 1.54) is 5.56 Å². The standard InChI is InChI=1S/C18H24N4O2/c1-13-19-17(20-24-13)16-5-4-10-22(12-16)18(23)15-8-6-14(7-9-15)11-21(2)3/h6-9,16H,4-5,10-12H2,1-3H3/t16-/m0/s1. The summed E-state index contributed by atoms with van der Waals surface area (Å²) < 4.78 is 5.07. The van der Waals surface area contributed by atoms with Gasteiger partial charge in [0.1, 0.15) is 0 Å². The first kappa shape index (κ1) is 16.6. The highest BCUT2D eigenvalue weighted by Crippen LogP contribution is 2.26. The average molecular weight is 328 g/mol. The van der Waals surface area contributed by atoms with Gasteiger partial charge in [-0.1, -0.05) is 17.3 Å². The van der Waals surface area contributed by atoms with Gasteiger partial charge in [0.05, 0.1) is 0 Å². The minimum Gasteiger partial charge on any atom is -0.340 e. The lowest BCUT2D eigenvalue weighted by Gasteiger charge is -2.31. The molecular formula is C18H24N4O2. The number of hydrogen-bond donors (Lipinski definition) is 0. The summed E-state index contributed by atoms with van der Waals surface area (Å²) >= 11 is 0. The molecule has 1 aromatic heterocycles. The maximum absolute atomic E-state index is 12.8. The molecule has 0 unspecified atom stereocenters. The summed E-state index contributed by atoms with van der Waals surface area (Å²) in [6, 6.07) is 7.89. The SMILES string of the molecule is Cc1nc([C@H]2CCCN(C(=O)c3ccc(CN(C)C)cc3)C2)no1. The largest absolute Gasteiger partial charge is 0.340 e. The summed E-state index contributed by atoms with van der Waals surface area (Å²) in [6.07, 6.45) is 1.95. The first-order valence-electron chi connectivity index (χ1n) is 8.36. The maximum Gasteiger partial charge on any atom is 0.253 e. The zero-order valence-electron chi connectivity index (χ0n) is 14.5. The quantitative estimate of drug-likeness (QED) is 0.863. The summed E-state index contributed by atoms with van der Waals surface area (Å²) in [5.74, 6) is 1.53. The number of hydrogen-bond acceptors (Lipinski definition) is 5. The lowest BCUT2D eigenvalue weighted by Crippen LogP contribution is -2.39. The molecular weight excluding hydrogens is 304 g/mol. The Kier molecular flexibility index (Phi) is 4.94. The van der Waals surface area contributed by atoms with Gasteiger partial charge < -0.3 is 14.3 Å². The van der Waals surface area contributed by atoms with Crippen LogP contribution in [0.15, 0.2) is 28.8 Å². The highest BCUT2D eigenvalue weighted by atomic mass is 16.5. The Morgan fingerprint density at radius 1 is 1.33 bits per heavy atom. The highest BCUT2D eigenvalue weighted by molar-refractivity contribution is 5.94. The van der Waals surface area contributed by atoms with Crippen molar-refractivity contribution in [3.05, 3.63) is 47.1 Å². The van der Waals surface area contributed by atoms with Crippen molar-refractivity contribution in [1.82, 2.24) is 19.9 Å². The van der Waals surface area contributed by atoms with Crippen LogP contribution < -0.4 is 0 Å². The van der Waals surface area contributed by atoms with Crippen LogP contribution in [0.25, 0.3) is 0 Å². The number of aromatic nitrogens is 2. The number of amides is 1. The van der Waals surface area contributed by atoms with E-state index in [-0.39, 0.29) is 11.8 Å². The van der Waals surface area contributed by atoms with E-state index >= 15 is 0 Å². The molecule has 0 bridgehead atoms. The molecule has 0 radical (unpaired) electrons. The normalized spacial score (nSPS) is 18.2. The predicted molar refractivity (Wildman–Crippen MR) is 90.7 cm³/mol.